The lowest BCUT2D eigenvalue weighted by atomic mass is 9.95. The number of nitrogens with one attached hydrogen (secondary N) is 2. The minimum atomic E-state index is -0.673. The van der Waals surface area contributed by atoms with Gasteiger partial charge in [0.2, 0.25) is 0 Å². The standard InChI is InChI=1S/C29H31ClN2O3/c1-2-27(35-24-16-13-21(14-17-24)20-9-5-3-6-10-20)29(34)32-23-15-18-26(30)25(19-23)28(33)31-22-11-7-4-8-12-22/h3,5-6,9-10,13-19,22,27H,2,4,7-8,11-12H2,1H3,(H,31,33)(H,32,34). The first-order valence-corrected chi connectivity index (χ1v) is 12.6. The number of carbonyl (C=O) groups excluding carboxylic acids is 2. The Bertz CT molecular complexity index is 1140. The van der Waals surface area contributed by atoms with E-state index in [1.807, 2.05) is 61.5 Å². The van der Waals surface area contributed by atoms with Gasteiger partial charge in [-0.1, -0.05) is 80.3 Å². The highest BCUT2D eigenvalue weighted by atomic mass is 35.5. The van der Waals surface area contributed by atoms with E-state index in [4.69, 9.17) is 16.3 Å². The highest BCUT2D eigenvalue weighted by Crippen LogP contribution is 2.25. The van der Waals surface area contributed by atoms with E-state index in [9.17, 15) is 9.59 Å². The molecular weight excluding hydrogens is 460 g/mol. The summed E-state index contributed by atoms with van der Waals surface area (Å²) in [7, 11) is 0. The molecule has 0 aromatic heterocycles. The van der Waals surface area contributed by atoms with Crippen molar-refractivity contribution < 1.29 is 14.3 Å². The maximum Gasteiger partial charge on any atom is 0.265 e. The summed E-state index contributed by atoms with van der Waals surface area (Å²) in [6, 6.07) is 22.9. The van der Waals surface area contributed by atoms with Crippen LogP contribution < -0.4 is 15.4 Å². The predicted molar refractivity (Wildman–Crippen MR) is 141 cm³/mol. The van der Waals surface area contributed by atoms with E-state index in [1.54, 1.807) is 18.2 Å². The van der Waals surface area contributed by atoms with Crippen LogP contribution in [0, 0.1) is 0 Å². The highest BCUT2D eigenvalue weighted by molar-refractivity contribution is 6.34. The molecule has 3 aromatic rings. The topological polar surface area (TPSA) is 67.4 Å². The maximum atomic E-state index is 12.9. The van der Waals surface area contributed by atoms with Gasteiger partial charge in [0, 0.05) is 11.7 Å². The minimum absolute atomic E-state index is 0.178. The zero-order chi connectivity index (χ0) is 24.6. The largest absolute Gasteiger partial charge is 0.481 e. The van der Waals surface area contributed by atoms with E-state index in [0.29, 0.717) is 28.4 Å². The van der Waals surface area contributed by atoms with Crippen LogP contribution in [0.4, 0.5) is 5.69 Å². The fourth-order valence-corrected chi connectivity index (χ4v) is 4.56. The number of benzene rings is 3. The molecule has 2 N–H and O–H groups in total. The molecule has 0 spiro atoms. The fourth-order valence-electron chi connectivity index (χ4n) is 4.35. The molecule has 0 aliphatic heterocycles. The summed E-state index contributed by atoms with van der Waals surface area (Å²) in [5.41, 5.74) is 3.07. The number of anilines is 1. The average molecular weight is 491 g/mol. The van der Waals surface area contributed by atoms with Crippen molar-refractivity contribution in [2.75, 3.05) is 5.32 Å². The molecule has 1 saturated carbocycles. The van der Waals surface area contributed by atoms with Gasteiger partial charge >= 0.3 is 0 Å². The Balaban J connectivity index is 1.39. The van der Waals surface area contributed by atoms with Crippen molar-refractivity contribution in [3.8, 4) is 16.9 Å². The fraction of sp³-hybridized carbons (Fsp3) is 0.310. The zero-order valence-electron chi connectivity index (χ0n) is 19.9. The first kappa shape index (κ1) is 24.8. The SMILES string of the molecule is CCC(Oc1ccc(-c2ccccc2)cc1)C(=O)Nc1ccc(Cl)c(C(=O)NC2CCCCC2)c1. The Morgan fingerprint density at radius 3 is 2.31 bits per heavy atom. The second kappa shape index (κ2) is 11.9. The van der Waals surface area contributed by atoms with Gasteiger partial charge in [0.25, 0.3) is 11.8 Å². The predicted octanol–water partition coefficient (Wildman–Crippen LogP) is 6.87. The molecule has 35 heavy (non-hydrogen) atoms. The van der Waals surface area contributed by atoms with Crippen molar-refractivity contribution in [3.05, 3.63) is 83.4 Å². The van der Waals surface area contributed by atoms with Gasteiger partial charge in [-0.05, 0) is 60.7 Å². The summed E-state index contributed by atoms with van der Waals surface area (Å²) in [4.78, 5) is 25.7. The number of hydrogen-bond donors (Lipinski definition) is 2. The second-order valence-corrected chi connectivity index (χ2v) is 9.30. The third-order valence-electron chi connectivity index (χ3n) is 6.32. The molecule has 0 heterocycles. The van der Waals surface area contributed by atoms with Crippen LogP contribution in [0.1, 0.15) is 55.8 Å². The van der Waals surface area contributed by atoms with Gasteiger partial charge in [-0.15, -0.1) is 0 Å². The molecule has 0 bridgehead atoms. The Morgan fingerprint density at radius 1 is 0.943 bits per heavy atom. The molecule has 4 rings (SSSR count). The van der Waals surface area contributed by atoms with Crippen LogP contribution in [0.3, 0.4) is 0 Å². The molecule has 1 atom stereocenters. The van der Waals surface area contributed by atoms with Crippen LogP contribution >= 0.6 is 11.6 Å². The quantitative estimate of drug-likeness (QED) is 0.362. The number of ether oxygens (including phenoxy) is 1. The molecule has 182 valence electrons. The van der Waals surface area contributed by atoms with Crippen molar-refractivity contribution in [1.29, 1.82) is 0 Å². The first-order chi connectivity index (χ1) is 17.0. The van der Waals surface area contributed by atoms with Gasteiger partial charge in [0.05, 0.1) is 10.6 Å². The zero-order valence-corrected chi connectivity index (χ0v) is 20.7. The Kier molecular flexibility index (Phi) is 8.43. The van der Waals surface area contributed by atoms with Gasteiger partial charge < -0.3 is 15.4 Å². The lowest BCUT2D eigenvalue weighted by molar-refractivity contribution is -0.122. The number of hydrogen-bond acceptors (Lipinski definition) is 3. The van der Waals surface area contributed by atoms with E-state index in [1.165, 1.54) is 6.42 Å². The number of halogens is 1. The van der Waals surface area contributed by atoms with Gasteiger partial charge in [-0.25, -0.2) is 0 Å². The monoisotopic (exact) mass is 490 g/mol. The average Bonchev–Trinajstić information content (AvgIpc) is 2.89. The van der Waals surface area contributed by atoms with Crippen molar-refractivity contribution >= 4 is 29.1 Å². The molecule has 1 aliphatic rings. The lowest BCUT2D eigenvalue weighted by Gasteiger charge is -2.23. The summed E-state index contributed by atoms with van der Waals surface area (Å²) in [5.74, 6) is 0.135. The highest BCUT2D eigenvalue weighted by Gasteiger charge is 2.21. The number of carbonyl (C=O) groups is 2. The molecule has 6 heteroatoms. The van der Waals surface area contributed by atoms with Gasteiger partial charge in [-0.2, -0.15) is 0 Å². The molecule has 1 aliphatic carbocycles. The Hall–Kier alpha value is -3.31. The summed E-state index contributed by atoms with van der Waals surface area (Å²) in [5, 5.41) is 6.31. The third-order valence-corrected chi connectivity index (χ3v) is 6.65. The summed E-state index contributed by atoms with van der Waals surface area (Å²) >= 11 is 6.30. The smallest absolute Gasteiger partial charge is 0.265 e. The summed E-state index contributed by atoms with van der Waals surface area (Å²) in [6.07, 6.45) is 5.27. The molecule has 3 aromatic carbocycles. The van der Waals surface area contributed by atoms with Crippen LogP contribution in [0.2, 0.25) is 5.02 Å². The van der Waals surface area contributed by atoms with Crippen molar-refractivity contribution in [3.63, 3.8) is 0 Å². The van der Waals surface area contributed by atoms with E-state index in [0.717, 1.165) is 36.8 Å². The summed E-state index contributed by atoms with van der Waals surface area (Å²) in [6.45, 7) is 1.90. The maximum absolute atomic E-state index is 12.9. The van der Waals surface area contributed by atoms with Crippen LogP contribution in [-0.2, 0) is 4.79 Å². The minimum Gasteiger partial charge on any atom is -0.481 e. The van der Waals surface area contributed by atoms with E-state index in [2.05, 4.69) is 10.6 Å². The van der Waals surface area contributed by atoms with Crippen LogP contribution in [0.5, 0.6) is 5.75 Å². The van der Waals surface area contributed by atoms with E-state index in [-0.39, 0.29) is 17.9 Å². The lowest BCUT2D eigenvalue weighted by Crippen LogP contribution is -2.36. The van der Waals surface area contributed by atoms with Gasteiger partial charge in [0.1, 0.15) is 5.75 Å². The summed E-state index contributed by atoms with van der Waals surface area (Å²) < 4.78 is 5.97. The molecular formula is C29H31ClN2O3. The molecule has 1 unspecified atom stereocenters. The molecule has 0 saturated heterocycles. The third kappa shape index (κ3) is 6.64. The van der Waals surface area contributed by atoms with Gasteiger partial charge in [-0.3, -0.25) is 9.59 Å². The molecule has 2 amide bonds. The first-order valence-electron chi connectivity index (χ1n) is 12.3. The van der Waals surface area contributed by atoms with Crippen molar-refractivity contribution in [2.45, 2.75) is 57.6 Å². The van der Waals surface area contributed by atoms with E-state index < -0.39 is 6.10 Å². The van der Waals surface area contributed by atoms with Crippen molar-refractivity contribution in [2.24, 2.45) is 0 Å². The normalized spacial score (nSPS) is 14.7. The van der Waals surface area contributed by atoms with E-state index >= 15 is 0 Å². The second-order valence-electron chi connectivity index (χ2n) is 8.90. The molecule has 5 nitrogen and oxygen atoms in total. The Labute approximate surface area is 211 Å². The van der Waals surface area contributed by atoms with Crippen LogP contribution in [-0.4, -0.2) is 24.0 Å². The number of rotatable bonds is 8. The number of amides is 2. The molecule has 1 fully saturated rings. The van der Waals surface area contributed by atoms with Gasteiger partial charge in [0.15, 0.2) is 6.10 Å². The van der Waals surface area contributed by atoms with Crippen LogP contribution in [0.25, 0.3) is 11.1 Å². The molecule has 0 radical (unpaired) electrons. The Morgan fingerprint density at radius 2 is 1.63 bits per heavy atom. The van der Waals surface area contributed by atoms with Crippen LogP contribution in [0.15, 0.2) is 72.8 Å². The van der Waals surface area contributed by atoms with Crippen molar-refractivity contribution in [1.82, 2.24) is 5.32 Å².